The van der Waals surface area contributed by atoms with E-state index in [9.17, 15) is 14.4 Å². The Balaban J connectivity index is 2.06. The van der Waals surface area contributed by atoms with Gasteiger partial charge >= 0.3 is 0 Å². The number of benzene rings is 2. The van der Waals surface area contributed by atoms with E-state index in [1.54, 1.807) is 19.2 Å². The molecule has 0 saturated heterocycles. The molecule has 2 N–H and O–H groups in total. The van der Waals surface area contributed by atoms with Crippen LogP contribution < -0.4 is 10.6 Å². The Labute approximate surface area is 185 Å². The van der Waals surface area contributed by atoms with Gasteiger partial charge in [0, 0.05) is 18.3 Å². The van der Waals surface area contributed by atoms with Crippen molar-refractivity contribution in [3.63, 3.8) is 0 Å². The summed E-state index contributed by atoms with van der Waals surface area (Å²) in [6, 6.07) is 10.5. The van der Waals surface area contributed by atoms with Gasteiger partial charge in [0.15, 0.2) is 0 Å². The number of likely N-dealkylation sites (N-methyl/N-ethyl adjacent to an activating group) is 1. The molecular formula is C25H33N3O3. The fraction of sp³-hybridized carbons (Fsp3) is 0.400. The van der Waals surface area contributed by atoms with Crippen molar-refractivity contribution in [1.82, 2.24) is 10.2 Å². The van der Waals surface area contributed by atoms with E-state index in [1.165, 1.54) is 4.90 Å². The highest BCUT2D eigenvalue weighted by atomic mass is 16.2. The Hall–Kier alpha value is -3.15. The van der Waals surface area contributed by atoms with Crippen LogP contribution in [0.4, 0.5) is 5.69 Å². The van der Waals surface area contributed by atoms with Gasteiger partial charge in [-0.05, 0) is 56.9 Å². The molecule has 2 aromatic rings. The number of aryl methyl sites for hydroxylation is 4. The Morgan fingerprint density at radius 3 is 2.10 bits per heavy atom. The summed E-state index contributed by atoms with van der Waals surface area (Å²) >= 11 is 0. The van der Waals surface area contributed by atoms with Crippen LogP contribution in [0.25, 0.3) is 0 Å². The number of amides is 3. The Kier molecular flexibility index (Phi) is 7.97. The molecule has 6 heteroatoms. The minimum atomic E-state index is -0.728. The molecule has 0 fully saturated rings. The number of anilines is 1. The molecule has 0 spiro atoms. The van der Waals surface area contributed by atoms with Crippen LogP contribution in [0, 0.1) is 33.6 Å². The van der Waals surface area contributed by atoms with Gasteiger partial charge in [-0.25, -0.2) is 0 Å². The zero-order valence-corrected chi connectivity index (χ0v) is 19.5. The van der Waals surface area contributed by atoms with Gasteiger partial charge in [0.25, 0.3) is 5.91 Å². The lowest BCUT2D eigenvalue weighted by Crippen LogP contribution is -2.51. The molecule has 1 atom stereocenters. The summed E-state index contributed by atoms with van der Waals surface area (Å²) in [5.74, 6) is -1.02. The molecule has 0 saturated carbocycles. The van der Waals surface area contributed by atoms with Crippen LogP contribution in [-0.4, -0.2) is 42.3 Å². The molecule has 6 nitrogen and oxygen atoms in total. The maximum atomic E-state index is 13.0. The van der Waals surface area contributed by atoms with Crippen molar-refractivity contribution < 1.29 is 14.4 Å². The molecule has 0 aliphatic heterocycles. The van der Waals surface area contributed by atoms with Crippen LogP contribution in [0.1, 0.15) is 46.5 Å². The predicted octanol–water partition coefficient (Wildman–Crippen LogP) is 3.77. The minimum absolute atomic E-state index is 0.102. The quantitative estimate of drug-likeness (QED) is 0.712. The van der Waals surface area contributed by atoms with Gasteiger partial charge in [-0.3, -0.25) is 14.4 Å². The molecule has 3 amide bonds. The highest BCUT2D eigenvalue weighted by Crippen LogP contribution is 2.22. The van der Waals surface area contributed by atoms with E-state index in [0.29, 0.717) is 5.56 Å². The van der Waals surface area contributed by atoms with E-state index in [0.717, 1.165) is 27.9 Å². The van der Waals surface area contributed by atoms with Crippen molar-refractivity contribution >= 4 is 23.4 Å². The van der Waals surface area contributed by atoms with E-state index in [1.807, 2.05) is 65.8 Å². The normalized spacial score (nSPS) is 11.7. The fourth-order valence-corrected chi connectivity index (χ4v) is 3.61. The lowest BCUT2D eigenvalue weighted by Gasteiger charge is -2.27. The van der Waals surface area contributed by atoms with Gasteiger partial charge < -0.3 is 15.5 Å². The largest absolute Gasteiger partial charge is 0.340 e. The zero-order valence-electron chi connectivity index (χ0n) is 19.5. The van der Waals surface area contributed by atoms with Crippen LogP contribution in [0.2, 0.25) is 0 Å². The maximum Gasteiger partial charge on any atom is 0.251 e. The summed E-state index contributed by atoms with van der Waals surface area (Å²) in [7, 11) is 1.57. The van der Waals surface area contributed by atoms with Crippen molar-refractivity contribution in [2.24, 2.45) is 5.92 Å². The lowest BCUT2D eigenvalue weighted by molar-refractivity contribution is -0.135. The maximum absolute atomic E-state index is 13.0. The van der Waals surface area contributed by atoms with Gasteiger partial charge in [0.2, 0.25) is 11.8 Å². The molecule has 1 unspecified atom stereocenters. The molecule has 166 valence electrons. The average molecular weight is 424 g/mol. The second kappa shape index (κ2) is 10.2. The zero-order chi connectivity index (χ0) is 23.3. The molecule has 0 radical (unpaired) electrons. The third kappa shape index (κ3) is 6.41. The highest BCUT2D eigenvalue weighted by molar-refractivity contribution is 5.99. The first-order chi connectivity index (χ1) is 14.5. The average Bonchev–Trinajstić information content (AvgIpc) is 2.67. The Bertz CT molecular complexity index is 959. The fourth-order valence-electron chi connectivity index (χ4n) is 3.61. The number of carbonyl (C=O) groups excluding carboxylic acids is 3. The van der Waals surface area contributed by atoms with Crippen molar-refractivity contribution in [3.05, 3.63) is 64.2 Å². The summed E-state index contributed by atoms with van der Waals surface area (Å²) in [6.07, 6.45) is 0. The summed E-state index contributed by atoms with van der Waals surface area (Å²) < 4.78 is 0. The summed E-state index contributed by atoms with van der Waals surface area (Å²) in [4.78, 5) is 39.6. The number of carbonyl (C=O) groups is 3. The second-order valence-corrected chi connectivity index (χ2v) is 8.58. The molecule has 0 aliphatic carbocycles. The third-order valence-electron chi connectivity index (χ3n) is 5.20. The van der Waals surface area contributed by atoms with Crippen molar-refractivity contribution in [2.75, 3.05) is 18.9 Å². The van der Waals surface area contributed by atoms with E-state index < -0.39 is 6.04 Å². The Morgan fingerprint density at radius 2 is 1.55 bits per heavy atom. The molecule has 0 aliphatic rings. The van der Waals surface area contributed by atoms with Gasteiger partial charge in [-0.15, -0.1) is 0 Å². The monoisotopic (exact) mass is 423 g/mol. The first-order valence-electron chi connectivity index (χ1n) is 10.5. The SMILES string of the molecule is Cc1cccc(C(=O)NC(C(=O)N(C)CC(=O)Nc2c(C)cc(C)cc2C)C(C)C)c1. The van der Waals surface area contributed by atoms with E-state index in [4.69, 9.17) is 0 Å². The Morgan fingerprint density at radius 1 is 0.935 bits per heavy atom. The standard InChI is InChI=1S/C25H33N3O3/c1-15(2)22(27-24(30)20-10-8-9-16(3)13-20)25(31)28(7)14-21(29)26-23-18(5)11-17(4)12-19(23)6/h8-13,15,22H,14H2,1-7H3,(H,26,29)(H,27,30). The van der Waals surface area contributed by atoms with Crippen molar-refractivity contribution in [3.8, 4) is 0 Å². The van der Waals surface area contributed by atoms with Gasteiger partial charge in [0.05, 0.1) is 6.54 Å². The van der Waals surface area contributed by atoms with Crippen LogP contribution >= 0.6 is 0 Å². The van der Waals surface area contributed by atoms with Gasteiger partial charge in [-0.1, -0.05) is 49.2 Å². The van der Waals surface area contributed by atoms with Crippen molar-refractivity contribution in [1.29, 1.82) is 0 Å². The first kappa shape index (κ1) is 24.1. The predicted molar refractivity (Wildman–Crippen MR) is 124 cm³/mol. The molecule has 31 heavy (non-hydrogen) atoms. The van der Waals surface area contributed by atoms with Crippen LogP contribution in [0.3, 0.4) is 0 Å². The number of hydrogen-bond acceptors (Lipinski definition) is 3. The van der Waals surface area contributed by atoms with Crippen LogP contribution in [-0.2, 0) is 9.59 Å². The summed E-state index contributed by atoms with van der Waals surface area (Å²) in [5, 5.41) is 5.74. The molecule has 0 heterocycles. The van der Waals surface area contributed by atoms with E-state index in [2.05, 4.69) is 10.6 Å². The summed E-state index contributed by atoms with van der Waals surface area (Å²) in [5.41, 5.74) is 5.32. The molecule has 0 bridgehead atoms. The second-order valence-electron chi connectivity index (χ2n) is 8.58. The van der Waals surface area contributed by atoms with E-state index in [-0.39, 0.29) is 30.2 Å². The molecular weight excluding hydrogens is 390 g/mol. The van der Waals surface area contributed by atoms with E-state index >= 15 is 0 Å². The third-order valence-corrected chi connectivity index (χ3v) is 5.20. The first-order valence-corrected chi connectivity index (χ1v) is 10.5. The van der Waals surface area contributed by atoms with Gasteiger partial charge in [0.1, 0.15) is 6.04 Å². The van der Waals surface area contributed by atoms with Gasteiger partial charge in [-0.2, -0.15) is 0 Å². The topological polar surface area (TPSA) is 78.5 Å². The van der Waals surface area contributed by atoms with Crippen LogP contribution in [0.5, 0.6) is 0 Å². The number of nitrogens with zero attached hydrogens (tertiary/aromatic N) is 1. The highest BCUT2D eigenvalue weighted by Gasteiger charge is 2.28. The number of nitrogens with one attached hydrogen (secondary N) is 2. The van der Waals surface area contributed by atoms with Crippen molar-refractivity contribution in [2.45, 2.75) is 47.6 Å². The molecule has 0 aromatic heterocycles. The van der Waals surface area contributed by atoms with Crippen LogP contribution in [0.15, 0.2) is 36.4 Å². The smallest absolute Gasteiger partial charge is 0.251 e. The minimum Gasteiger partial charge on any atom is -0.340 e. The molecule has 2 rings (SSSR count). The number of hydrogen-bond donors (Lipinski definition) is 2. The lowest BCUT2D eigenvalue weighted by atomic mass is 10.0. The summed E-state index contributed by atoms with van der Waals surface area (Å²) in [6.45, 7) is 11.4. The number of rotatable bonds is 7. The molecule has 2 aromatic carbocycles.